The van der Waals surface area contributed by atoms with Gasteiger partial charge in [-0.05, 0) is 53.1 Å². The molecule has 0 aliphatic carbocycles. The number of rotatable bonds is 11. The molecule has 2 atom stereocenters. The molecule has 2 aromatic carbocycles. The molecule has 0 fully saturated rings. The standard InChI is InChI=1S/C28H33FNO5P/c1-4-23-26(19-10-12-21(29)13-11-19)24(14-15-36(34,35)17-22(31)16-25(32)33)27(18(2)3)30-28(23)20-8-6-5-7-9-20/h5-13,18,22,31H,4,14-17H2,1-3H3,(H,32,33)(H,34,35)/t22-/m0/s1. The summed E-state index contributed by atoms with van der Waals surface area (Å²) >= 11 is 0. The molecule has 1 heterocycles. The maximum absolute atomic E-state index is 13.8. The van der Waals surface area contributed by atoms with Crippen molar-refractivity contribution in [2.45, 2.75) is 52.1 Å². The summed E-state index contributed by atoms with van der Waals surface area (Å²) in [4.78, 5) is 26.5. The molecule has 6 nitrogen and oxygen atoms in total. The van der Waals surface area contributed by atoms with E-state index in [4.69, 9.17) is 10.1 Å². The highest BCUT2D eigenvalue weighted by Crippen LogP contribution is 2.45. The third-order valence-electron chi connectivity index (χ3n) is 6.13. The van der Waals surface area contributed by atoms with Gasteiger partial charge in [0.25, 0.3) is 0 Å². The van der Waals surface area contributed by atoms with Crippen molar-refractivity contribution < 1.29 is 28.9 Å². The van der Waals surface area contributed by atoms with Crippen LogP contribution in [0.25, 0.3) is 22.4 Å². The van der Waals surface area contributed by atoms with Crippen molar-refractivity contribution in [1.82, 2.24) is 4.98 Å². The molecule has 3 aromatic rings. The number of benzene rings is 2. The van der Waals surface area contributed by atoms with Gasteiger partial charge in [-0.15, -0.1) is 0 Å². The minimum absolute atomic E-state index is 0.00301. The molecule has 1 unspecified atom stereocenters. The first-order valence-corrected chi connectivity index (χ1v) is 14.1. The largest absolute Gasteiger partial charge is 0.481 e. The Labute approximate surface area is 211 Å². The molecule has 0 amide bonds. The number of nitrogens with zero attached hydrogens (tertiary/aromatic N) is 1. The van der Waals surface area contributed by atoms with Crippen molar-refractivity contribution in [2.24, 2.45) is 0 Å². The van der Waals surface area contributed by atoms with Gasteiger partial charge in [-0.3, -0.25) is 14.3 Å². The van der Waals surface area contributed by atoms with Crippen LogP contribution in [0, 0.1) is 5.82 Å². The lowest BCUT2D eigenvalue weighted by atomic mass is 9.86. The van der Waals surface area contributed by atoms with Gasteiger partial charge in [0.15, 0.2) is 0 Å². The zero-order chi connectivity index (χ0) is 26.5. The molecule has 0 spiro atoms. The molecule has 0 saturated heterocycles. The molecule has 0 saturated carbocycles. The van der Waals surface area contributed by atoms with Crippen LogP contribution in [-0.2, 0) is 22.2 Å². The second-order valence-corrected chi connectivity index (χ2v) is 11.8. The fraction of sp³-hybridized carbons (Fsp3) is 0.357. The van der Waals surface area contributed by atoms with Crippen LogP contribution in [-0.4, -0.2) is 44.5 Å². The summed E-state index contributed by atoms with van der Waals surface area (Å²) in [5.74, 6) is -1.58. The second-order valence-electron chi connectivity index (χ2n) is 9.31. The Hall–Kier alpha value is -2.86. The van der Waals surface area contributed by atoms with E-state index in [0.717, 1.165) is 39.2 Å². The third-order valence-corrected chi connectivity index (χ3v) is 8.04. The fourth-order valence-electron chi connectivity index (χ4n) is 4.53. The number of carboxylic acid groups (broad SMARTS) is 1. The first-order valence-electron chi connectivity index (χ1n) is 12.1. The SMILES string of the molecule is CCc1c(-c2ccccc2)nc(C(C)C)c(CCP(=O)(O)C[C@@H](O)CC(=O)O)c1-c1ccc(F)cc1. The van der Waals surface area contributed by atoms with Crippen molar-refractivity contribution in [3.8, 4) is 22.4 Å². The normalized spacial score (nSPS) is 14.0. The van der Waals surface area contributed by atoms with Crippen molar-refractivity contribution in [2.75, 3.05) is 12.3 Å². The molecule has 36 heavy (non-hydrogen) atoms. The Balaban J connectivity index is 2.16. The number of carboxylic acids is 1. The third kappa shape index (κ3) is 6.88. The number of aromatic nitrogens is 1. The van der Waals surface area contributed by atoms with Gasteiger partial charge >= 0.3 is 5.97 Å². The summed E-state index contributed by atoms with van der Waals surface area (Å²) in [6.45, 7) is 6.04. The molecular formula is C28H33FNO5P. The van der Waals surface area contributed by atoms with Crippen LogP contribution in [0.3, 0.4) is 0 Å². The molecule has 8 heteroatoms. The van der Waals surface area contributed by atoms with E-state index in [9.17, 15) is 23.7 Å². The predicted octanol–water partition coefficient (Wildman–Crippen LogP) is 5.89. The summed E-state index contributed by atoms with van der Waals surface area (Å²) in [6.07, 6.45) is -1.75. The summed E-state index contributed by atoms with van der Waals surface area (Å²) in [6, 6.07) is 16.0. The Kier molecular flexibility index (Phi) is 9.18. The van der Waals surface area contributed by atoms with Crippen molar-refractivity contribution in [3.63, 3.8) is 0 Å². The number of aliphatic hydroxyl groups excluding tert-OH is 1. The Morgan fingerprint density at radius 1 is 1.03 bits per heavy atom. The number of carbonyl (C=O) groups is 1. The molecule has 192 valence electrons. The van der Waals surface area contributed by atoms with Gasteiger partial charge in [0.05, 0.1) is 24.4 Å². The molecule has 3 N–H and O–H groups in total. The minimum Gasteiger partial charge on any atom is -0.481 e. The topological polar surface area (TPSA) is 108 Å². The number of aliphatic carboxylic acids is 1. The van der Waals surface area contributed by atoms with Gasteiger partial charge in [0, 0.05) is 17.4 Å². The smallest absolute Gasteiger partial charge is 0.305 e. The highest BCUT2D eigenvalue weighted by molar-refractivity contribution is 7.58. The van der Waals surface area contributed by atoms with Gasteiger partial charge in [-0.25, -0.2) is 4.39 Å². The van der Waals surface area contributed by atoms with Gasteiger partial charge in [-0.1, -0.05) is 63.2 Å². The van der Waals surface area contributed by atoms with E-state index in [1.165, 1.54) is 12.1 Å². The summed E-state index contributed by atoms with van der Waals surface area (Å²) in [5.41, 5.74) is 6.02. The van der Waals surface area contributed by atoms with E-state index in [1.54, 1.807) is 12.1 Å². The number of aliphatic hydroxyl groups is 1. The molecular weight excluding hydrogens is 480 g/mol. The van der Waals surface area contributed by atoms with Crippen LogP contribution >= 0.6 is 7.37 Å². The lowest BCUT2D eigenvalue weighted by molar-refractivity contribution is -0.138. The average Bonchev–Trinajstić information content (AvgIpc) is 2.81. The maximum atomic E-state index is 13.8. The lowest BCUT2D eigenvalue weighted by Gasteiger charge is -2.24. The Morgan fingerprint density at radius 2 is 1.67 bits per heavy atom. The lowest BCUT2D eigenvalue weighted by Crippen LogP contribution is -2.19. The van der Waals surface area contributed by atoms with Gasteiger partial charge in [-0.2, -0.15) is 0 Å². The van der Waals surface area contributed by atoms with Crippen molar-refractivity contribution in [1.29, 1.82) is 0 Å². The highest BCUT2D eigenvalue weighted by atomic mass is 31.2. The maximum Gasteiger partial charge on any atom is 0.305 e. The first-order chi connectivity index (χ1) is 17.0. The van der Waals surface area contributed by atoms with E-state index >= 15 is 0 Å². The molecule has 0 aliphatic rings. The van der Waals surface area contributed by atoms with Gasteiger partial charge in [0.2, 0.25) is 7.37 Å². The van der Waals surface area contributed by atoms with Crippen molar-refractivity contribution >= 4 is 13.3 Å². The monoisotopic (exact) mass is 513 g/mol. The highest BCUT2D eigenvalue weighted by Gasteiger charge is 2.28. The van der Waals surface area contributed by atoms with Gasteiger partial charge < -0.3 is 15.1 Å². The van der Waals surface area contributed by atoms with E-state index in [-0.39, 0.29) is 24.3 Å². The average molecular weight is 514 g/mol. The van der Waals surface area contributed by atoms with Crippen LogP contribution in [0.5, 0.6) is 0 Å². The summed E-state index contributed by atoms with van der Waals surface area (Å²) in [7, 11) is -3.83. The van der Waals surface area contributed by atoms with Crippen LogP contribution in [0.15, 0.2) is 54.6 Å². The quantitative estimate of drug-likeness (QED) is 0.276. The fourth-order valence-corrected chi connectivity index (χ4v) is 6.08. The number of hydrogen-bond donors (Lipinski definition) is 3. The van der Waals surface area contributed by atoms with Crippen LogP contribution in [0.2, 0.25) is 0 Å². The molecule has 0 aliphatic heterocycles. The van der Waals surface area contributed by atoms with E-state index in [0.29, 0.717) is 6.42 Å². The second kappa shape index (κ2) is 11.9. The van der Waals surface area contributed by atoms with Gasteiger partial charge in [0.1, 0.15) is 5.82 Å². The molecule has 0 radical (unpaired) electrons. The first kappa shape index (κ1) is 27.7. The summed E-state index contributed by atoms with van der Waals surface area (Å²) < 4.78 is 26.7. The Bertz CT molecular complexity index is 1250. The van der Waals surface area contributed by atoms with E-state index in [1.807, 2.05) is 51.1 Å². The molecule has 0 bridgehead atoms. The van der Waals surface area contributed by atoms with E-state index in [2.05, 4.69) is 0 Å². The Morgan fingerprint density at radius 3 is 2.22 bits per heavy atom. The van der Waals surface area contributed by atoms with E-state index < -0.39 is 32.0 Å². The zero-order valence-electron chi connectivity index (χ0n) is 20.8. The molecule has 1 aromatic heterocycles. The van der Waals surface area contributed by atoms with Crippen LogP contribution in [0.1, 0.15) is 49.9 Å². The van der Waals surface area contributed by atoms with Crippen LogP contribution < -0.4 is 0 Å². The number of hydrogen-bond acceptors (Lipinski definition) is 4. The number of pyridine rings is 1. The van der Waals surface area contributed by atoms with Crippen molar-refractivity contribution in [3.05, 3.63) is 77.2 Å². The number of halogens is 1. The zero-order valence-corrected chi connectivity index (χ0v) is 21.7. The predicted molar refractivity (Wildman–Crippen MR) is 140 cm³/mol. The minimum atomic E-state index is -3.83. The summed E-state index contributed by atoms with van der Waals surface area (Å²) in [5, 5.41) is 18.8. The van der Waals surface area contributed by atoms with Crippen LogP contribution in [0.4, 0.5) is 4.39 Å². The molecule has 3 rings (SSSR count).